The van der Waals surface area contributed by atoms with Gasteiger partial charge < -0.3 is 19.9 Å². The summed E-state index contributed by atoms with van der Waals surface area (Å²) in [5.41, 5.74) is 0.991. The summed E-state index contributed by atoms with van der Waals surface area (Å²) >= 11 is 0. The molecule has 0 aliphatic heterocycles. The first-order chi connectivity index (χ1) is 11.5. The van der Waals surface area contributed by atoms with Crippen LogP contribution in [0.15, 0.2) is 18.2 Å². The van der Waals surface area contributed by atoms with Gasteiger partial charge in [0, 0.05) is 18.5 Å². The van der Waals surface area contributed by atoms with Crippen LogP contribution in [0.2, 0.25) is 0 Å². The lowest BCUT2D eigenvalue weighted by Gasteiger charge is -2.25. The molecule has 132 valence electrons. The SMILES string of the molecule is COc1ccc(CCNC(=O)C2CCCC(C(=O)O)C2)c(OC)c1. The number of carboxylic acid groups (broad SMARTS) is 1. The minimum Gasteiger partial charge on any atom is -0.497 e. The molecule has 2 N–H and O–H groups in total. The Kier molecular flexibility index (Phi) is 6.46. The summed E-state index contributed by atoms with van der Waals surface area (Å²) < 4.78 is 10.5. The van der Waals surface area contributed by atoms with Crippen molar-refractivity contribution in [3.63, 3.8) is 0 Å². The van der Waals surface area contributed by atoms with Crippen LogP contribution in [0.3, 0.4) is 0 Å². The van der Waals surface area contributed by atoms with Crippen molar-refractivity contribution in [2.24, 2.45) is 11.8 Å². The van der Waals surface area contributed by atoms with Gasteiger partial charge in [-0.1, -0.05) is 12.5 Å². The van der Waals surface area contributed by atoms with Gasteiger partial charge in [0.25, 0.3) is 0 Å². The molecule has 1 aromatic carbocycles. The number of ether oxygens (including phenoxy) is 2. The summed E-state index contributed by atoms with van der Waals surface area (Å²) in [4.78, 5) is 23.3. The molecule has 1 fully saturated rings. The monoisotopic (exact) mass is 335 g/mol. The first kappa shape index (κ1) is 18.1. The van der Waals surface area contributed by atoms with E-state index in [9.17, 15) is 9.59 Å². The molecule has 0 spiro atoms. The Morgan fingerprint density at radius 3 is 2.62 bits per heavy atom. The van der Waals surface area contributed by atoms with E-state index in [1.807, 2.05) is 18.2 Å². The van der Waals surface area contributed by atoms with Gasteiger partial charge in [0.05, 0.1) is 20.1 Å². The topological polar surface area (TPSA) is 84.9 Å². The number of carbonyl (C=O) groups is 2. The number of methoxy groups -OCH3 is 2. The second-order valence-corrected chi connectivity index (χ2v) is 6.12. The molecule has 1 aromatic rings. The Morgan fingerprint density at radius 2 is 1.96 bits per heavy atom. The van der Waals surface area contributed by atoms with Crippen molar-refractivity contribution >= 4 is 11.9 Å². The number of carboxylic acids is 1. The third kappa shape index (κ3) is 4.63. The van der Waals surface area contributed by atoms with Gasteiger partial charge in [-0.15, -0.1) is 0 Å². The van der Waals surface area contributed by atoms with Crippen molar-refractivity contribution in [1.29, 1.82) is 0 Å². The zero-order valence-electron chi connectivity index (χ0n) is 14.2. The average molecular weight is 335 g/mol. The predicted octanol–water partition coefficient (Wildman–Crippen LogP) is 2.25. The van der Waals surface area contributed by atoms with Crippen LogP contribution < -0.4 is 14.8 Å². The van der Waals surface area contributed by atoms with Gasteiger partial charge in [0.15, 0.2) is 0 Å². The third-order valence-electron chi connectivity index (χ3n) is 4.58. The number of benzene rings is 1. The van der Waals surface area contributed by atoms with Crippen LogP contribution in [0, 0.1) is 11.8 Å². The molecule has 2 rings (SSSR count). The van der Waals surface area contributed by atoms with Crippen molar-refractivity contribution in [1.82, 2.24) is 5.32 Å². The lowest BCUT2D eigenvalue weighted by Crippen LogP contribution is -2.36. The Morgan fingerprint density at radius 1 is 1.21 bits per heavy atom. The van der Waals surface area contributed by atoms with E-state index in [2.05, 4.69) is 5.32 Å². The van der Waals surface area contributed by atoms with E-state index in [-0.39, 0.29) is 11.8 Å². The van der Waals surface area contributed by atoms with Crippen LogP contribution in [-0.4, -0.2) is 37.7 Å². The molecule has 24 heavy (non-hydrogen) atoms. The van der Waals surface area contributed by atoms with Crippen LogP contribution in [-0.2, 0) is 16.0 Å². The first-order valence-corrected chi connectivity index (χ1v) is 8.26. The number of hydrogen-bond acceptors (Lipinski definition) is 4. The third-order valence-corrected chi connectivity index (χ3v) is 4.58. The molecular weight excluding hydrogens is 310 g/mol. The van der Waals surface area contributed by atoms with E-state index in [0.29, 0.717) is 25.8 Å². The molecule has 0 aromatic heterocycles. The van der Waals surface area contributed by atoms with Crippen LogP contribution in [0.4, 0.5) is 0 Å². The van der Waals surface area contributed by atoms with Gasteiger partial charge in [0.1, 0.15) is 11.5 Å². The fraction of sp³-hybridized carbons (Fsp3) is 0.556. The molecule has 2 atom stereocenters. The molecule has 1 amide bonds. The number of amides is 1. The van der Waals surface area contributed by atoms with Crippen LogP contribution in [0.25, 0.3) is 0 Å². The fourth-order valence-corrected chi connectivity index (χ4v) is 3.18. The van der Waals surface area contributed by atoms with Gasteiger partial charge in [-0.2, -0.15) is 0 Å². The van der Waals surface area contributed by atoms with E-state index in [4.69, 9.17) is 14.6 Å². The molecule has 1 aliphatic carbocycles. The maximum Gasteiger partial charge on any atom is 0.306 e. The maximum absolute atomic E-state index is 12.3. The molecule has 1 aliphatic rings. The van der Waals surface area contributed by atoms with Crippen LogP contribution >= 0.6 is 0 Å². The lowest BCUT2D eigenvalue weighted by atomic mass is 9.81. The first-order valence-electron chi connectivity index (χ1n) is 8.26. The van der Waals surface area contributed by atoms with Gasteiger partial charge >= 0.3 is 5.97 Å². The predicted molar refractivity (Wildman–Crippen MR) is 89.3 cm³/mol. The van der Waals surface area contributed by atoms with Crippen LogP contribution in [0.1, 0.15) is 31.2 Å². The van der Waals surface area contributed by atoms with Crippen molar-refractivity contribution in [3.8, 4) is 11.5 Å². The molecule has 6 nitrogen and oxygen atoms in total. The Labute approximate surface area is 142 Å². The van der Waals surface area contributed by atoms with Crippen molar-refractivity contribution < 1.29 is 24.2 Å². The normalized spacial score (nSPS) is 20.2. The van der Waals surface area contributed by atoms with Crippen molar-refractivity contribution in [2.45, 2.75) is 32.1 Å². The highest BCUT2D eigenvalue weighted by Crippen LogP contribution is 2.29. The van der Waals surface area contributed by atoms with E-state index in [1.54, 1.807) is 14.2 Å². The Balaban J connectivity index is 1.85. The Bertz CT molecular complexity index is 587. The second kappa shape index (κ2) is 8.57. The van der Waals surface area contributed by atoms with Gasteiger partial charge in [-0.25, -0.2) is 0 Å². The van der Waals surface area contributed by atoms with Crippen molar-refractivity contribution in [2.75, 3.05) is 20.8 Å². The minimum absolute atomic E-state index is 0.0478. The summed E-state index contributed by atoms with van der Waals surface area (Å²) in [6, 6.07) is 5.60. The summed E-state index contributed by atoms with van der Waals surface area (Å²) in [6.07, 6.45) is 3.31. The standard InChI is InChI=1S/C18H25NO5/c1-23-15-7-6-12(16(11-15)24-2)8-9-19-17(20)13-4-3-5-14(10-13)18(21)22/h6-7,11,13-14H,3-5,8-10H2,1-2H3,(H,19,20)(H,21,22). The van der Waals surface area contributed by atoms with E-state index < -0.39 is 11.9 Å². The number of nitrogens with one attached hydrogen (secondary N) is 1. The molecule has 0 heterocycles. The zero-order valence-corrected chi connectivity index (χ0v) is 14.2. The largest absolute Gasteiger partial charge is 0.497 e. The van der Waals surface area contributed by atoms with Crippen molar-refractivity contribution in [3.05, 3.63) is 23.8 Å². The number of carbonyl (C=O) groups excluding carboxylic acids is 1. The maximum atomic E-state index is 12.3. The number of hydrogen-bond donors (Lipinski definition) is 2. The van der Waals surface area contributed by atoms with E-state index in [0.717, 1.165) is 29.9 Å². The van der Waals surface area contributed by atoms with Crippen LogP contribution in [0.5, 0.6) is 11.5 Å². The smallest absolute Gasteiger partial charge is 0.306 e. The molecule has 0 saturated heterocycles. The molecule has 6 heteroatoms. The highest BCUT2D eigenvalue weighted by atomic mass is 16.5. The minimum atomic E-state index is -0.796. The zero-order chi connectivity index (χ0) is 17.5. The molecule has 1 saturated carbocycles. The molecule has 2 unspecified atom stereocenters. The number of rotatable bonds is 7. The summed E-state index contributed by atoms with van der Waals surface area (Å²) in [6.45, 7) is 0.496. The summed E-state index contributed by atoms with van der Waals surface area (Å²) in [5, 5.41) is 12.0. The summed E-state index contributed by atoms with van der Waals surface area (Å²) in [7, 11) is 3.20. The quantitative estimate of drug-likeness (QED) is 0.798. The van der Waals surface area contributed by atoms with Gasteiger partial charge in [-0.05, 0) is 37.3 Å². The molecule has 0 bridgehead atoms. The highest BCUT2D eigenvalue weighted by molar-refractivity contribution is 5.80. The van der Waals surface area contributed by atoms with Gasteiger partial charge in [0.2, 0.25) is 5.91 Å². The van der Waals surface area contributed by atoms with E-state index >= 15 is 0 Å². The van der Waals surface area contributed by atoms with E-state index in [1.165, 1.54) is 0 Å². The van der Waals surface area contributed by atoms with Gasteiger partial charge in [-0.3, -0.25) is 9.59 Å². The molecular formula is C18H25NO5. The molecule has 0 radical (unpaired) electrons. The average Bonchev–Trinajstić information content (AvgIpc) is 2.61. The number of aliphatic carboxylic acids is 1. The highest BCUT2D eigenvalue weighted by Gasteiger charge is 2.30. The second-order valence-electron chi connectivity index (χ2n) is 6.12. The lowest BCUT2D eigenvalue weighted by molar-refractivity contribution is -0.144. The Hall–Kier alpha value is -2.24. The summed E-state index contributed by atoms with van der Waals surface area (Å²) in [5.74, 6) is 0.0199. The fourth-order valence-electron chi connectivity index (χ4n) is 3.18.